The standard InChI is InChI=1S/C21H24N4OS/c1-2-25-20(18-12-7-4-8-13-18)23-24-21(25)27-15-9-14-19(26)22-16-17-10-5-3-6-11-17/h3-8,10-13H,2,9,14-16H2,1H3,(H,22,26). The quantitative estimate of drug-likeness (QED) is 0.447. The summed E-state index contributed by atoms with van der Waals surface area (Å²) in [6.45, 7) is 3.49. The van der Waals surface area contributed by atoms with Gasteiger partial charge in [-0.1, -0.05) is 72.4 Å². The van der Waals surface area contributed by atoms with Crippen LogP contribution in [0.3, 0.4) is 0 Å². The number of hydrogen-bond acceptors (Lipinski definition) is 4. The number of carbonyl (C=O) groups excluding carboxylic acids is 1. The van der Waals surface area contributed by atoms with Gasteiger partial charge in [-0.25, -0.2) is 0 Å². The Kier molecular flexibility index (Phi) is 7.04. The highest BCUT2D eigenvalue weighted by molar-refractivity contribution is 7.99. The van der Waals surface area contributed by atoms with Crippen molar-refractivity contribution in [3.63, 3.8) is 0 Å². The number of amides is 1. The van der Waals surface area contributed by atoms with Crippen LogP contribution >= 0.6 is 11.8 Å². The van der Waals surface area contributed by atoms with Crippen LogP contribution in [0.5, 0.6) is 0 Å². The minimum Gasteiger partial charge on any atom is -0.352 e. The summed E-state index contributed by atoms with van der Waals surface area (Å²) in [6.07, 6.45) is 1.33. The van der Waals surface area contributed by atoms with Crippen LogP contribution in [0.25, 0.3) is 11.4 Å². The molecule has 1 amide bonds. The Balaban J connectivity index is 1.45. The minimum absolute atomic E-state index is 0.0846. The summed E-state index contributed by atoms with van der Waals surface area (Å²) in [5.41, 5.74) is 2.18. The molecule has 0 radical (unpaired) electrons. The van der Waals surface area contributed by atoms with Crippen LogP contribution in [0.4, 0.5) is 0 Å². The first-order chi connectivity index (χ1) is 13.3. The van der Waals surface area contributed by atoms with Crippen molar-refractivity contribution in [2.24, 2.45) is 0 Å². The van der Waals surface area contributed by atoms with Crippen LogP contribution in [0.2, 0.25) is 0 Å². The Bertz CT molecular complexity index is 849. The first kappa shape index (κ1) is 19.2. The molecule has 1 aromatic heterocycles. The van der Waals surface area contributed by atoms with E-state index in [0.29, 0.717) is 13.0 Å². The maximum atomic E-state index is 12.0. The third-order valence-electron chi connectivity index (χ3n) is 4.18. The summed E-state index contributed by atoms with van der Waals surface area (Å²) in [4.78, 5) is 12.0. The van der Waals surface area contributed by atoms with Gasteiger partial charge in [0.1, 0.15) is 0 Å². The molecule has 0 spiro atoms. The summed E-state index contributed by atoms with van der Waals surface area (Å²) in [5.74, 6) is 1.81. The van der Waals surface area contributed by atoms with E-state index >= 15 is 0 Å². The molecule has 5 nitrogen and oxygen atoms in total. The van der Waals surface area contributed by atoms with Gasteiger partial charge < -0.3 is 9.88 Å². The Morgan fingerprint density at radius 2 is 1.74 bits per heavy atom. The van der Waals surface area contributed by atoms with E-state index in [1.54, 1.807) is 11.8 Å². The summed E-state index contributed by atoms with van der Waals surface area (Å²) in [6, 6.07) is 20.0. The van der Waals surface area contributed by atoms with Crippen molar-refractivity contribution in [3.05, 3.63) is 66.2 Å². The molecule has 0 fully saturated rings. The van der Waals surface area contributed by atoms with E-state index in [1.807, 2.05) is 60.7 Å². The van der Waals surface area contributed by atoms with E-state index in [4.69, 9.17) is 0 Å². The molecule has 0 aliphatic rings. The van der Waals surface area contributed by atoms with Crippen molar-refractivity contribution in [2.45, 2.75) is 38.0 Å². The van der Waals surface area contributed by atoms with Crippen LogP contribution < -0.4 is 5.32 Å². The van der Waals surface area contributed by atoms with Gasteiger partial charge in [-0.3, -0.25) is 4.79 Å². The lowest BCUT2D eigenvalue weighted by atomic mass is 10.2. The fourth-order valence-corrected chi connectivity index (χ4v) is 3.70. The fraction of sp³-hybridized carbons (Fsp3) is 0.286. The van der Waals surface area contributed by atoms with E-state index < -0.39 is 0 Å². The molecule has 0 atom stereocenters. The van der Waals surface area contributed by atoms with E-state index in [2.05, 4.69) is 27.0 Å². The zero-order valence-electron chi connectivity index (χ0n) is 15.5. The molecule has 27 heavy (non-hydrogen) atoms. The van der Waals surface area contributed by atoms with Gasteiger partial charge in [-0.15, -0.1) is 10.2 Å². The van der Waals surface area contributed by atoms with Crippen molar-refractivity contribution in [1.82, 2.24) is 20.1 Å². The molecule has 1 heterocycles. The van der Waals surface area contributed by atoms with Crippen LogP contribution in [0.1, 0.15) is 25.3 Å². The number of thioether (sulfide) groups is 1. The van der Waals surface area contributed by atoms with E-state index in [-0.39, 0.29) is 5.91 Å². The average Bonchev–Trinajstić information content (AvgIpc) is 3.14. The number of aromatic nitrogens is 3. The summed E-state index contributed by atoms with van der Waals surface area (Å²) in [7, 11) is 0. The monoisotopic (exact) mass is 380 g/mol. The molecule has 0 saturated heterocycles. The average molecular weight is 381 g/mol. The topological polar surface area (TPSA) is 59.8 Å². The van der Waals surface area contributed by atoms with Crippen LogP contribution in [0, 0.1) is 0 Å². The van der Waals surface area contributed by atoms with Crippen molar-refractivity contribution in [1.29, 1.82) is 0 Å². The van der Waals surface area contributed by atoms with Gasteiger partial charge >= 0.3 is 0 Å². The Morgan fingerprint density at radius 1 is 1.04 bits per heavy atom. The number of nitrogens with zero attached hydrogens (tertiary/aromatic N) is 3. The highest BCUT2D eigenvalue weighted by Crippen LogP contribution is 2.24. The van der Waals surface area contributed by atoms with Gasteiger partial charge in [0, 0.05) is 30.8 Å². The maximum absolute atomic E-state index is 12.0. The number of carbonyl (C=O) groups is 1. The maximum Gasteiger partial charge on any atom is 0.220 e. The first-order valence-corrected chi connectivity index (χ1v) is 10.2. The molecule has 3 rings (SSSR count). The molecule has 0 aliphatic heterocycles. The summed E-state index contributed by atoms with van der Waals surface area (Å²) >= 11 is 1.65. The van der Waals surface area contributed by atoms with Crippen molar-refractivity contribution >= 4 is 17.7 Å². The van der Waals surface area contributed by atoms with Crippen LogP contribution in [-0.4, -0.2) is 26.4 Å². The first-order valence-electron chi connectivity index (χ1n) is 9.20. The van der Waals surface area contributed by atoms with Gasteiger partial charge in [0.05, 0.1) is 0 Å². The third-order valence-corrected chi connectivity index (χ3v) is 5.23. The number of benzene rings is 2. The Hall–Kier alpha value is -2.60. The molecule has 140 valence electrons. The molecule has 0 aliphatic carbocycles. The molecule has 0 unspecified atom stereocenters. The third kappa shape index (κ3) is 5.44. The van der Waals surface area contributed by atoms with Crippen molar-refractivity contribution < 1.29 is 4.79 Å². The normalized spacial score (nSPS) is 10.7. The van der Waals surface area contributed by atoms with Gasteiger partial charge in [0.25, 0.3) is 0 Å². The molecular formula is C21H24N4OS. The van der Waals surface area contributed by atoms with Crippen LogP contribution in [0.15, 0.2) is 65.8 Å². The summed E-state index contributed by atoms with van der Waals surface area (Å²) in [5, 5.41) is 12.5. The molecule has 0 bridgehead atoms. The largest absolute Gasteiger partial charge is 0.352 e. The van der Waals surface area contributed by atoms with Crippen molar-refractivity contribution in [3.8, 4) is 11.4 Å². The van der Waals surface area contributed by atoms with E-state index in [0.717, 1.165) is 40.8 Å². The zero-order chi connectivity index (χ0) is 18.9. The Morgan fingerprint density at radius 3 is 2.44 bits per heavy atom. The Labute approximate surface area is 164 Å². The lowest BCUT2D eigenvalue weighted by molar-refractivity contribution is -0.121. The molecule has 2 aromatic carbocycles. The molecule has 3 aromatic rings. The zero-order valence-corrected chi connectivity index (χ0v) is 16.3. The number of nitrogens with one attached hydrogen (secondary N) is 1. The van der Waals surface area contributed by atoms with Gasteiger partial charge in [-0.05, 0) is 18.9 Å². The molecule has 0 saturated carbocycles. The molecule has 1 N–H and O–H groups in total. The van der Waals surface area contributed by atoms with Crippen molar-refractivity contribution in [2.75, 3.05) is 5.75 Å². The minimum atomic E-state index is 0.0846. The highest BCUT2D eigenvalue weighted by atomic mass is 32.2. The van der Waals surface area contributed by atoms with Gasteiger partial charge in [0.2, 0.25) is 5.91 Å². The second kappa shape index (κ2) is 9.92. The second-order valence-corrected chi connectivity index (χ2v) is 7.19. The summed E-state index contributed by atoms with van der Waals surface area (Å²) < 4.78 is 2.12. The number of hydrogen-bond donors (Lipinski definition) is 1. The highest BCUT2D eigenvalue weighted by Gasteiger charge is 2.12. The van der Waals surface area contributed by atoms with E-state index in [1.165, 1.54) is 0 Å². The second-order valence-electron chi connectivity index (χ2n) is 6.13. The number of rotatable bonds is 9. The van der Waals surface area contributed by atoms with Gasteiger partial charge in [0.15, 0.2) is 11.0 Å². The predicted octanol–water partition coefficient (Wildman–Crippen LogP) is 4.15. The lowest BCUT2D eigenvalue weighted by Crippen LogP contribution is -2.22. The van der Waals surface area contributed by atoms with Gasteiger partial charge in [-0.2, -0.15) is 0 Å². The lowest BCUT2D eigenvalue weighted by Gasteiger charge is -2.07. The molecule has 6 heteroatoms. The van der Waals surface area contributed by atoms with E-state index in [9.17, 15) is 4.79 Å². The molecular weight excluding hydrogens is 356 g/mol. The fourth-order valence-electron chi connectivity index (χ4n) is 2.76. The van der Waals surface area contributed by atoms with Crippen LogP contribution in [-0.2, 0) is 17.9 Å². The smallest absolute Gasteiger partial charge is 0.220 e. The predicted molar refractivity (Wildman–Crippen MR) is 109 cm³/mol. The SMILES string of the molecule is CCn1c(SCCCC(=O)NCc2ccccc2)nnc1-c1ccccc1.